The third-order valence-corrected chi connectivity index (χ3v) is 5.28. The number of halogens is 2. The summed E-state index contributed by atoms with van der Waals surface area (Å²) < 4.78 is 15.7. The fraction of sp³-hybridized carbons (Fsp3) is 0.200. The summed E-state index contributed by atoms with van der Waals surface area (Å²) in [4.78, 5) is 16.4. The van der Waals surface area contributed by atoms with Crippen LogP contribution in [-0.4, -0.2) is 21.2 Å². The third-order valence-electron chi connectivity index (χ3n) is 4.06. The molecular weight excluding hydrogens is 385 g/mol. The summed E-state index contributed by atoms with van der Waals surface area (Å²) in [6.07, 6.45) is 3.64. The minimum absolute atomic E-state index is 0.0912. The van der Waals surface area contributed by atoms with Crippen molar-refractivity contribution in [3.63, 3.8) is 0 Å². The number of carbonyl (C=O) groups excluding carboxylic acids is 1. The topological polar surface area (TPSA) is 46.9 Å². The van der Waals surface area contributed by atoms with Crippen molar-refractivity contribution in [3.05, 3.63) is 82.6 Å². The van der Waals surface area contributed by atoms with Gasteiger partial charge in [-0.05, 0) is 36.2 Å². The maximum atomic E-state index is 13.8. The lowest BCUT2D eigenvalue weighted by Crippen LogP contribution is -2.25. The molecule has 0 fully saturated rings. The summed E-state index contributed by atoms with van der Waals surface area (Å²) in [6, 6.07) is 12.4. The van der Waals surface area contributed by atoms with Gasteiger partial charge < -0.3 is 9.88 Å². The van der Waals surface area contributed by atoms with E-state index in [1.54, 1.807) is 18.3 Å². The maximum Gasteiger partial charge on any atom is 0.230 e. The largest absolute Gasteiger partial charge is 0.351 e. The average Bonchev–Trinajstić information content (AvgIpc) is 3.08. The normalized spacial score (nSPS) is 10.8. The summed E-state index contributed by atoms with van der Waals surface area (Å²) in [5.41, 5.74) is 2.53. The average molecular weight is 404 g/mol. The number of aromatic nitrogens is 2. The maximum absolute atomic E-state index is 13.8. The van der Waals surface area contributed by atoms with Crippen LogP contribution in [0, 0.1) is 12.7 Å². The molecule has 0 spiro atoms. The van der Waals surface area contributed by atoms with Gasteiger partial charge in [-0.25, -0.2) is 9.37 Å². The molecule has 1 heterocycles. The highest BCUT2D eigenvalue weighted by Gasteiger charge is 2.09. The van der Waals surface area contributed by atoms with E-state index in [0.29, 0.717) is 22.9 Å². The molecule has 0 aliphatic carbocycles. The summed E-state index contributed by atoms with van der Waals surface area (Å²) in [6.45, 7) is 2.35. The first-order chi connectivity index (χ1) is 13.0. The molecule has 0 aliphatic rings. The predicted octanol–water partition coefficient (Wildman–Crippen LogP) is 4.52. The zero-order valence-corrected chi connectivity index (χ0v) is 16.4. The van der Waals surface area contributed by atoms with Crippen LogP contribution in [0.1, 0.15) is 17.0 Å². The van der Waals surface area contributed by atoms with Gasteiger partial charge in [0.15, 0.2) is 0 Å². The zero-order chi connectivity index (χ0) is 19.2. The van der Waals surface area contributed by atoms with Crippen LogP contribution < -0.4 is 5.32 Å². The molecule has 1 aromatic heterocycles. The Labute approximate surface area is 166 Å². The van der Waals surface area contributed by atoms with Crippen molar-refractivity contribution in [2.75, 3.05) is 5.75 Å². The van der Waals surface area contributed by atoms with Crippen LogP contribution in [-0.2, 0) is 17.1 Å². The second-order valence-electron chi connectivity index (χ2n) is 5.98. The standard InChI is InChI=1S/C20H19ClFN3OS/c1-14-23-8-9-25(14)19-5-3-2-4-15(19)11-24-20(26)13-27-12-16-6-7-17(21)10-18(16)22/h2-10H,11-13H2,1H3,(H,24,26). The lowest BCUT2D eigenvalue weighted by molar-refractivity contribution is -0.118. The number of hydrogen-bond donors (Lipinski definition) is 1. The predicted molar refractivity (Wildman–Crippen MR) is 108 cm³/mol. The molecule has 27 heavy (non-hydrogen) atoms. The van der Waals surface area contributed by atoms with Crippen molar-refractivity contribution in [1.82, 2.24) is 14.9 Å². The van der Waals surface area contributed by atoms with Gasteiger partial charge in [-0.1, -0.05) is 35.9 Å². The molecule has 3 aromatic rings. The summed E-state index contributed by atoms with van der Waals surface area (Å²) in [5.74, 6) is 1.12. The van der Waals surface area contributed by atoms with E-state index in [4.69, 9.17) is 11.6 Å². The van der Waals surface area contributed by atoms with E-state index in [1.165, 1.54) is 17.8 Å². The van der Waals surface area contributed by atoms with Gasteiger partial charge in [0.25, 0.3) is 0 Å². The molecule has 1 N–H and O–H groups in total. The number of carbonyl (C=O) groups is 1. The van der Waals surface area contributed by atoms with Crippen LogP contribution >= 0.6 is 23.4 Å². The van der Waals surface area contributed by atoms with Gasteiger partial charge in [0.05, 0.1) is 11.4 Å². The number of para-hydroxylation sites is 1. The fourth-order valence-corrected chi connectivity index (χ4v) is 3.67. The third kappa shape index (κ3) is 5.11. The van der Waals surface area contributed by atoms with E-state index in [1.807, 2.05) is 42.0 Å². The number of benzene rings is 2. The number of imidazole rings is 1. The first kappa shape index (κ1) is 19.5. The number of nitrogens with zero attached hydrogens (tertiary/aromatic N) is 2. The van der Waals surface area contributed by atoms with Gasteiger partial charge in [-0.2, -0.15) is 0 Å². The fourth-order valence-electron chi connectivity index (χ4n) is 2.67. The number of amides is 1. The van der Waals surface area contributed by atoms with E-state index >= 15 is 0 Å². The van der Waals surface area contributed by atoms with Crippen molar-refractivity contribution in [2.45, 2.75) is 19.2 Å². The van der Waals surface area contributed by atoms with Crippen LogP contribution in [0.25, 0.3) is 5.69 Å². The van der Waals surface area contributed by atoms with Crippen molar-refractivity contribution in [1.29, 1.82) is 0 Å². The Morgan fingerprint density at radius 1 is 1.26 bits per heavy atom. The Morgan fingerprint density at radius 2 is 2.07 bits per heavy atom. The number of rotatable bonds is 7. The van der Waals surface area contributed by atoms with Crippen molar-refractivity contribution >= 4 is 29.3 Å². The van der Waals surface area contributed by atoms with Crippen LogP contribution in [0.3, 0.4) is 0 Å². The molecule has 7 heteroatoms. The number of hydrogen-bond acceptors (Lipinski definition) is 3. The number of thioether (sulfide) groups is 1. The lowest BCUT2D eigenvalue weighted by Gasteiger charge is -2.12. The monoisotopic (exact) mass is 403 g/mol. The van der Waals surface area contributed by atoms with E-state index in [2.05, 4.69) is 10.3 Å². The molecule has 0 saturated carbocycles. The zero-order valence-electron chi connectivity index (χ0n) is 14.8. The lowest BCUT2D eigenvalue weighted by atomic mass is 10.1. The number of nitrogens with one attached hydrogen (secondary N) is 1. The molecule has 3 rings (SSSR count). The summed E-state index contributed by atoms with van der Waals surface area (Å²) in [5, 5.41) is 3.29. The molecule has 0 saturated heterocycles. The van der Waals surface area contributed by atoms with Crippen molar-refractivity contribution < 1.29 is 9.18 Å². The minimum atomic E-state index is -0.347. The van der Waals surface area contributed by atoms with E-state index in [9.17, 15) is 9.18 Å². The highest BCUT2D eigenvalue weighted by molar-refractivity contribution is 7.99. The number of aryl methyl sites for hydroxylation is 1. The Morgan fingerprint density at radius 3 is 2.81 bits per heavy atom. The Balaban J connectivity index is 1.53. The summed E-state index contributed by atoms with van der Waals surface area (Å²) in [7, 11) is 0. The minimum Gasteiger partial charge on any atom is -0.351 e. The van der Waals surface area contributed by atoms with E-state index in [0.717, 1.165) is 17.1 Å². The molecule has 0 unspecified atom stereocenters. The second-order valence-corrected chi connectivity index (χ2v) is 7.40. The van der Waals surface area contributed by atoms with Gasteiger partial charge in [0.2, 0.25) is 5.91 Å². The highest BCUT2D eigenvalue weighted by atomic mass is 35.5. The van der Waals surface area contributed by atoms with Crippen LogP contribution in [0.4, 0.5) is 4.39 Å². The molecule has 4 nitrogen and oxygen atoms in total. The summed E-state index contributed by atoms with van der Waals surface area (Å²) >= 11 is 7.11. The highest BCUT2D eigenvalue weighted by Crippen LogP contribution is 2.20. The molecule has 0 aliphatic heterocycles. The SMILES string of the molecule is Cc1nccn1-c1ccccc1CNC(=O)CSCc1ccc(Cl)cc1F. The van der Waals surface area contributed by atoms with Gasteiger partial charge in [-0.3, -0.25) is 4.79 Å². The van der Waals surface area contributed by atoms with Crippen molar-refractivity contribution in [3.8, 4) is 5.69 Å². The first-order valence-corrected chi connectivity index (χ1v) is 9.94. The smallest absolute Gasteiger partial charge is 0.230 e. The molecule has 0 atom stereocenters. The quantitative estimate of drug-likeness (QED) is 0.630. The van der Waals surface area contributed by atoms with Crippen molar-refractivity contribution in [2.24, 2.45) is 0 Å². The van der Waals surface area contributed by atoms with E-state index < -0.39 is 0 Å². The Bertz CT molecular complexity index is 944. The first-order valence-electron chi connectivity index (χ1n) is 8.41. The molecular formula is C20H19ClFN3OS. The Hall–Kier alpha value is -2.31. The Kier molecular flexibility index (Phi) is 6.53. The van der Waals surface area contributed by atoms with Gasteiger partial charge in [0.1, 0.15) is 11.6 Å². The molecule has 1 amide bonds. The van der Waals surface area contributed by atoms with Gasteiger partial charge >= 0.3 is 0 Å². The molecule has 2 aromatic carbocycles. The van der Waals surface area contributed by atoms with Gasteiger partial charge in [0, 0.05) is 29.7 Å². The second kappa shape index (κ2) is 9.06. The van der Waals surface area contributed by atoms with E-state index in [-0.39, 0.29) is 17.5 Å². The molecule has 140 valence electrons. The van der Waals surface area contributed by atoms with Crippen LogP contribution in [0.5, 0.6) is 0 Å². The van der Waals surface area contributed by atoms with Crippen LogP contribution in [0.2, 0.25) is 5.02 Å². The van der Waals surface area contributed by atoms with Gasteiger partial charge in [-0.15, -0.1) is 11.8 Å². The molecule has 0 radical (unpaired) electrons. The molecule has 0 bridgehead atoms. The van der Waals surface area contributed by atoms with Crippen LogP contribution in [0.15, 0.2) is 54.9 Å².